The van der Waals surface area contributed by atoms with Gasteiger partial charge in [0.25, 0.3) is 5.91 Å². The Morgan fingerprint density at radius 1 is 1.26 bits per heavy atom. The van der Waals surface area contributed by atoms with Crippen molar-refractivity contribution in [2.24, 2.45) is 0 Å². The molecule has 2 aromatic rings. The monoisotopic (exact) mass is 329 g/mol. The standard InChI is InChI=1S/C17H19N3O2S/c1-3-13-7-4-6-12(2)16(13)18-17(23)20-19-15(21)10-9-14-8-5-11-22-14/h4-11H,3H2,1-2H3,(H,19,21)(H2,18,20,23)/b10-9+. The van der Waals surface area contributed by atoms with Crippen molar-refractivity contribution in [3.8, 4) is 0 Å². The Balaban J connectivity index is 1.87. The third-order valence-electron chi connectivity index (χ3n) is 3.22. The van der Waals surface area contributed by atoms with Gasteiger partial charge in [-0.05, 0) is 54.9 Å². The maximum absolute atomic E-state index is 11.7. The van der Waals surface area contributed by atoms with E-state index in [1.807, 2.05) is 25.1 Å². The molecule has 0 aliphatic carbocycles. The summed E-state index contributed by atoms with van der Waals surface area (Å²) in [7, 11) is 0. The molecular weight excluding hydrogens is 310 g/mol. The number of para-hydroxylation sites is 1. The molecule has 0 spiro atoms. The number of aryl methyl sites for hydroxylation is 2. The smallest absolute Gasteiger partial charge is 0.262 e. The van der Waals surface area contributed by atoms with Gasteiger partial charge < -0.3 is 9.73 Å². The summed E-state index contributed by atoms with van der Waals surface area (Å²) in [6.07, 6.45) is 5.37. The molecule has 0 atom stereocenters. The van der Waals surface area contributed by atoms with Crippen molar-refractivity contribution in [1.29, 1.82) is 0 Å². The SMILES string of the molecule is CCc1cccc(C)c1NC(=S)NNC(=O)/C=C/c1ccco1. The van der Waals surface area contributed by atoms with E-state index in [9.17, 15) is 4.79 Å². The molecule has 3 N–H and O–H groups in total. The number of anilines is 1. The largest absolute Gasteiger partial charge is 0.465 e. The number of carbonyl (C=O) groups is 1. The van der Waals surface area contributed by atoms with Crippen LogP contribution in [0.2, 0.25) is 0 Å². The predicted octanol–water partition coefficient (Wildman–Crippen LogP) is 3.18. The summed E-state index contributed by atoms with van der Waals surface area (Å²) < 4.78 is 5.10. The summed E-state index contributed by atoms with van der Waals surface area (Å²) in [5, 5.41) is 3.45. The maximum Gasteiger partial charge on any atom is 0.262 e. The van der Waals surface area contributed by atoms with Crippen LogP contribution in [-0.2, 0) is 11.2 Å². The van der Waals surface area contributed by atoms with Crippen LogP contribution in [0.5, 0.6) is 0 Å². The van der Waals surface area contributed by atoms with Crippen LogP contribution in [0, 0.1) is 6.92 Å². The summed E-state index contributed by atoms with van der Waals surface area (Å²) in [6.45, 7) is 4.09. The van der Waals surface area contributed by atoms with Gasteiger partial charge in [-0.3, -0.25) is 15.6 Å². The first-order chi connectivity index (χ1) is 11.1. The first kappa shape index (κ1) is 16.8. The topological polar surface area (TPSA) is 66.3 Å². The number of thiocarbonyl (C=S) groups is 1. The molecule has 6 heteroatoms. The first-order valence-electron chi connectivity index (χ1n) is 7.27. The lowest BCUT2D eigenvalue weighted by atomic mass is 10.1. The fourth-order valence-corrected chi connectivity index (χ4v) is 2.20. The zero-order valence-electron chi connectivity index (χ0n) is 13.1. The van der Waals surface area contributed by atoms with Crippen LogP contribution in [0.15, 0.2) is 47.1 Å². The lowest BCUT2D eigenvalue weighted by Gasteiger charge is -2.15. The molecule has 5 nitrogen and oxygen atoms in total. The summed E-state index contributed by atoms with van der Waals surface area (Å²) in [5.41, 5.74) is 8.40. The van der Waals surface area contributed by atoms with Gasteiger partial charge in [-0.15, -0.1) is 0 Å². The Hall–Kier alpha value is -2.60. The van der Waals surface area contributed by atoms with Crippen LogP contribution in [0.1, 0.15) is 23.8 Å². The molecule has 1 aromatic heterocycles. The van der Waals surface area contributed by atoms with E-state index in [0.29, 0.717) is 10.9 Å². The highest BCUT2D eigenvalue weighted by atomic mass is 32.1. The number of rotatable bonds is 4. The molecule has 0 saturated carbocycles. The Bertz CT molecular complexity index is 709. The molecule has 1 amide bonds. The van der Waals surface area contributed by atoms with Crippen molar-refractivity contribution in [2.75, 3.05) is 5.32 Å². The van der Waals surface area contributed by atoms with Crippen LogP contribution in [-0.4, -0.2) is 11.0 Å². The molecule has 0 fully saturated rings. The summed E-state index contributed by atoms with van der Waals surface area (Å²) in [6, 6.07) is 9.57. The average Bonchev–Trinajstić information content (AvgIpc) is 3.06. The second kappa shape index (κ2) is 8.14. The van der Waals surface area contributed by atoms with Gasteiger partial charge >= 0.3 is 0 Å². The van der Waals surface area contributed by atoms with Gasteiger partial charge in [0.15, 0.2) is 5.11 Å². The number of hydrogen-bond donors (Lipinski definition) is 3. The van der Waals surface area contributed by atoms with Crippen molar-refractivity contribution in [3.05, 3.63) is 59.6 Å². The zero-order chi connectivity index (χ0) is 16.7. The molecule has 1 aromatic carbocycles. The molecule has 0 saturated heterocycles. The van der Waals surface area contributed by atoms with Crippen LogP contribution in [0.25, 0.3) is 6.08 Å². The number of nitrogens with one attached hydrogen (secondary N) is 3. The van der Waals surface area contributed by atoms with E-state index in [-0.39, 0.29) is 5.91 Å². The Labute approximate surface area is 140 Å². The van der Waals surface area contributed by atoms with Gasteiger partial charge in [-0.1, -0.05) is 25.1 Å². The van der Waals surface area contributed by atoms with Gasteiger partial charge in [-0.25, -0.2) is 0 Å². The van der Waals surface area contributed by atoms with Crippen molar-refractivity contribution >= 4 is 35.0 Å². The van der Waals surface area contributed by atoms with E-state index in [4.69, 9.17) is 16.6 Å². The van der Waals surface area contributed by atoms with Crippen LogP contribution >= 0.6 is 12.2 Å². The van der Waals surface area contributed by atoms with Crippen LogP contribution in [0.4, 0.5) is 5.69 Å². The van der Waals surface area contributed by atoms with Gasteiger partial charge in [0, 0.05) is 11.8 Å². The highest BCUT2D eigenvalue weighted by molar-refractivity contribution is 7.80. The molecule has 1 heterocycles. The van der Waals surface area contributed by atoms with Crippen LogP contribution < -0.4 is 16.2 Å². The van der Waals surface area contributed by atoms with E-state index in [1.165, 1.54) is 6.08 Å². The fourth-order valence-electron chi connectivity index (χ4n) is 2.05. The first-order valence-corrected chi connectivity index (χ1v) is 7.68. The molecule has 0 bridgehead atoms. The zero-order valence-corrected chi connectivity index (χ0v) is 13.9. The van der Waals surface area contributed by atoms with E-state index in [2.05, 4.69) is 23.1 Å². The van der Waals surface area contributed by atoms with Gasteiger partial charge in [0.2, 0.25) is 0 Å². The fraction of sp³-hybridized carbons (Fsp3) is 0.176. The second-order valence-electron chi connectivity index (χ2n) is 4.88. The number of amides is 1. The van der Waals surface area contributed by atoms with Crippen molar-refractivity contribution in [2.45, 2.75) is 20.3 Å². The highest BCUT2D eigenvalue weighted by Crippen LogP contribution is 2.20. The molecule has 2 rings (SSSR count). The number of hydrogen-bond acceptors (Lipinski definition) is 3. The maximum atomic E-state index is 11.7. The minimum Gasteiger partial charge on any atom is -0.465 e. The molecule has 0 aliphatic heterocycles. The lowest BCUT2D eigenvalue weighted by Crippen LogP contribution is -2.43. The Morgan fingerprint density at radius 2 is 2.09 bits per heavy atom. The van der Waals surface area contributed by atoms with E-state index in [1.54, 1.807) is 24.5 Å². The minimum absolute atomic E-state index is 0.328. The van der Waals surface area contributed by atoms with Gasteiger partial charge in [-0.2, -0.15) is 0 Å². The second-order valence-corrected chi connectivity index (χ2v) is 5.29. The minimum atomic E-state index is -0.328. The van der Waals surface area contributed by atoms with E-state index in [0.717, 1.165) is 23.2 Å². The molecule has 23 heavy (non-hydrogen) atoms. The van der Waals surface area contributed by atoms with Crippen molar-refractivity contribution in [1.82, 2.24) is 10.9 Å². The summed E-state index contributed by atoms with van der Waals surface area (Å²) in [4.78, 5) is 11.7. The average molecular weight is 329 g/mol. The predicted molar refractivity (Wildman–Crippen MR) is 95.8 cm³/mol. The number of carbonyl (C=O) groups excluding carboxylic acids is 1. The lowest BCUT2D eigenvalue weighted by molar-refractivity contribution is -0.116. The summed E-state index contributed by atoms with van der Waals surface area (Å²) in [5.74, 6) is 0.277. The number of furan rings is 1. The molecule has 0 radical (unpaired) electrons. The Morgan fingerprint density at radius 3 is 2.78 bits per heavy atom. The third kappa shape index (κ3) is 4.96. The normalized spacial score (nSPS) is 10.5. The van der Waals surface area contributed by atoms with Crippen molar-refractivity contribution in [3.63, 3.8) is 0 Å². The summed E-state index contributed by atoms with van der Waals surface area (Å²) >= 11 is 5.21. The Kier molecular flexibility index (Phi) is 5.94. The third-order valence-corrected chi connectivity index (χ3v) is 3.42. The number of benzene rings is 1. The van der Waals surface area contributed by atoms with Crippen molar-refractivity contribution < 1.29 is 9.21 Å². The quantitative estimate of drug-likeness (QED) is 0.457. The number of hydrazine groups is 1. The molecule has 0 unspecified atom stereocenters. The van der Waals surface area contributed by atoms with E-state index >= 15 is 0 Å². The van der Waals surface area contributed by atoms with Gasteiger partial charge in [0.1, 0.15) is 5.76 Å². The highest BCUT2D eigenvalue weighted by Gasteiger charge is 2.06. The van der Waals surface area contributed by atoms with Crippen LogP contribution in [0.3, 0.4) is 0 Å². The van der Waals surface area contributed by atoms with Gasteiger partial charge in [0.05, 0.1) is 6.26 Å². The van der Waals surface area contributed by atoms with E-state index < -0.39 is 0 Å². The molecule has 0 aliphatic rings. The molecule has 120 valence electrons. The molecular formula is C17H19N3O2S.